The molecule has 2 unspecified atom stereocenters. The third-order valence-corrected chi connectivity index (χ3v) is 27.4. The fourth-order valence-electron chi connectivity index (χ4n) is 16.1. The molecule has 33 heteroatoms. The Bertz CT molecular complexity index is 5910. The van der Waals surface area contributed by atoms with Crippen LogP contribution in [0, 0.1) is 22.7 Å². The molecule has 14 rings (SSSR count). The lowest BCUT2D eigenvalue weighted by molar-refractivity contribution is -0.146. The van der Waals surface area contributed by atoms with Crippen LogP contribution in [0.5, 0.6) is 23.0 Å². The van der Waals surface area contributed by atoms with Crippen LogP contribution in [0.25, 0.3) is 44.3 Å². The van der Waals surface area contributed by atoms with Crippen molar-refractivity contribution in [3.63, 3.8) is 0 Å². The number of ketones is 2. The SMILES string of the molecule is C=CC1C[C@]1(NC(=O)[C@@H]1C[C@@H](Oc2cc(-c3ccccc3)nc3cc(OC)ccc23)CN1C(=O)[C@@H](NC(=O)OC(C)(C)C)C(C)(C)C)C(=O)NS(=O)(=O)C1(C(=O)c2ccccc2)CC1.C=CC1C[C@]1(NC(=O)[C@@H]1C[C@@H](Oc2cc(-c3ccccc3)nc3cc(OC)ccc23)CN1C(=O)[C@@H](NC(=O)OC(C)(C)C)C(C)(C)C)C(=O)O.NS(=O)(=O)C1(C(=O)c2ccccc2)CC1. The Morgan fingerprint density at radius 2 is 0.860 bits per heavy atom. The minimum atomic E-state index is -4.58. The van der Waals surface area contributed by atoms with E-state index in [1.54, 1.807) is 170 Å². The Morgan fingerprint density at radius 3 is 1.19 bits per heavy atom. The van der Waals surface area contributed by atoms with Crippen LogP contribution in [0.1, 0.15) is 155 Å². The number of hydrogen-bond donors (Lipinski definition) is 7. The monoisotopic (exact) mass is 1800 g/mol. The van der Waals surface area contributed by atoms with Gasteiger partial charge in [0.1, 0.15) is 86.4 Å². The number of nitrogens with one attached hydrogen (secondary N) is 5. The van der Waals surface area contributed by atoms with Crippen LogP contribution >= 0.6 is 0 Å². The summed E-state index contributed by atoms with van der Waals surface area (Å²) in [6.07, 6.45) is 0.812. The van der Waals surface area contributed by atoms with Crippen LogP contribution in [-0.2, 0) is 58.3 Å². The van der Waals surface area contributed by atoms with E-state index in [9.17, 15) is 69.9 Å². The Kier molecular flexibility index (Phi) is 27.3. The number of carboxylic acid groups (broad SMARTS) is 1. The molecule has 0 radical (unpaired) electrons. The molecular formula is C96H112N10O21S2. The number of pyridine rings is 2. The first-order valence-electron chi connectivity index (χ1n) is 42.5. The average Bonchev–Trinajstić information content (AvgIpc) is 1.55. The number of fused-ring (bicyclic) bond motifs is 2. The highest BCUT2D eigenvalue weighted by molar-refractivity contribution is 7.92. The number of carbonyl (C=O) groups is 10. The van der Waals surface area contributed by atoms with Crippen LogP contribution in [0.3, 0.4) is 0 Å². The maximum absolute atomic E-state index is 14.8. The predicted molar refractivity (Wildman–Crippen MR) is 483 cm³/mol. The molecule has 6 aromatic carbocycles. The summed E-state index contributed by atoms with van der Waals surface area (Å²) < 4.78 is 84.6. The van der Waals surface area contributed by atoms with Gasteiger partial charge in [0.2, 0.25) is 43.7 Å². The van der Waals surface area contributed by atoms with E-state index in [0.717, 1.165) is 11.1 Å². The summed E-state index contributed by atoms with van der Waals surface area (Å²) in [5.41, 5.74) is -1.84. The van der Waals surface area contributed by atoms with Crippen molar-refractivity contribution < 1.29 is 98.3 Å². The normalized spacial score (nSPS) is 21.6. The smallest absolute Gasteiger partial charge is 0.408 e. The van der Waals surface area contributed by atoms with Gasteiger partial charge >= 0.3 is 18.2 Å². The molecule has 129 heavy (non-hydrogen) atoms. The number of sulfonamides is 2. The van der Waals surface area contributed by atoms with Crippen molar-refractivity contribution >= 4 is 101 Å². The Morgan fingerprint density at radius 1 is 0.504 bits per heavy atom. The average molecular weight is 1810 g/mol. The van der Waals surface area contributed by atoms with Gasteiger partial charge < -0.3 is 64.6 Å². The lowest BCUT2D eigenvalue weighted by atomic mass is 9.85. The summed E-state index contributed by atoms with van der Waals surface area (Å²) in [5.74, 6) is -4.72. The zero-order valence-electron chi connectivity index (χ0n) is 74.7. The van der Waals surface area contributed by atoms with Crippen LogP contribution < -0.4 is 50.1 Å². The first-order chi connectivity index (χ1) is 60.5. The highest BCUT2D eigenvalue weighted by atomic mass is 32.2. The van der Waals surface area contributed by atoms with Crippen molar-refractivity contribution in [2.24, 2.45) is 27.8 Å². The van der Waals surface area contributed by atoms with Gasteiger partial charge in [0.05, 0.1) is 49.7 Å². The molecule has 4 saturated carbocycles. The second kappa shape index (κ2) is 36.9. The number of carboxylic acids is 1. The molecule has 684 valence electrons. The van der Waals surface area contributed by atoms with Crippen LogP contribution in [0.15, 0.2) is 195 Å². The molecular weight excluding hydrogens is 1690 g/mol. The Balaban J connectivity index is 0.000000205. The zero-order valence-corrected chi connectivity index (χ0v) is 76.4. The molecule has 8 aromatic rings. The van der Waals surface area contributed by atoms with Gasteiger partial charge in [0.15, 0.2) is 16.3 Å². The number of carbonyl (C=O) groups excluding carboxylic acids is 9. The number of hydrogen-bond acceptors (Lipinski definition) is 22. The van der Waals surface area contributed by atoms with Crippen molar-refractivity contribution in [2.45, 2.75) is 203 Å². The van der Waals surface area contributed by atoms with E-state index in [0.29, 0.717) is 74.6 Å². The lowest BCUT2D eigenvalue weighted by Crippen LogP contribution is -2.60. The molecule has 7 amide bonds. The summed E-state index contributed by atoms with van der Waals surface area (Å²) in [6.45, 7) is 28.4. The quantitative estimate of drug-likeness (QED) is 0.0186. The number of primary sulfonamides is 1. The second-order valence-corrected chi connectivity index (χ2v) is 41.4. The number of rotatable bonds is 27. The number of nitrogens with two attached hydrogens (primary N) is 1. The molecule has 8 N–H and O–H groups in total. The van der Waals surface area contributed by atoms with Crippen LogP contribution in [-0.4, -0.2) is 196 Å². The molecule has 6 aliphatic rings. The molecule has 2 aliphatic heterocycles. The predicted octanol–water partition coefficient (Wildman–Crippen LogP) is 12.2. The van der Waals surface area contributed by atoms with Gasteiger partial charge in [0.25, 0.3) is 5.91 Å². The highest BCUT2D eigenvalue weighted by Gasteiger charge is 2.67. The second-order valence-electron chi connectivity index (χ2n) is 37.5. The number of nitrogens with zero attached hydrogens (tertiary/aromatic N) is 4. The van der Waals surface area contributed by atoms with Gasteiger partial charge in [0, 0.05) is 82.0 Å². The number of benzene rings is 6. The van der Waals surface area contributed by atoms with Crippen LogP contribution in [0.2, 0.25) is 0 Å². The van der Waals surface area contributed by atoms with Gasteiger partial charge in [-0.25, -0.2) is 46.3 Å². The summed E-state index contributed by atoms with van der Waals surface area (Å²) >= 11 is 0. The zero-order chi connectivity index (χ0) is 94.1. The first kappa shape index (κ1) is 95.5. The summed E-state index contributed by atoms with van der Waals surface area (Å²) in [6, 6.07) is 45.3. The Labute approximate surface area is 750 Å². The number of aromatic nitrogens is 2. The maximum atomic E-state index is 14.8. The van der Waals surface area contributed by atoms with Crippen molar-refractivity contribution in [3.05, 3.63) is 206 Å². The van der Waals surface area contributed by atoms with Crippen molar-refractivity contribution in [3.8, 4) is 45.5 Å². The number of Topliss-reactive ketones (excluding diaryl/α,β-unsaturated/α-hetero) is 2. The number of aliphatic carboxylic acids is 1. The van der Waals surface area contributed by atoms with Crippen molar-refractivity contribution in [1.29, 1.82) is 0 Å². The molecule has 0 bridgehead atoms. The molecule has 4 heterocycles. The van der Waals surface area contributed by atoms with Gasteiger partial charge in [-0.2, -0.15) is 0 Å². The number of likely N-dealkylation sites (tertiary alicyclic amines) is 2. The highest BCUT2D eigenvalue weighted by Crippen LogP contribution is 2.51. The van der Waals surface area contributed by atoms with Crippen molar-refractivity contribution in [2.75, 3.05) is 27.3 Å². The Hall–Kier alpha value is -12.6. The molecule has 0 spiro atoms. The minimum Gasteiger partial charge on any atom is -0.497 e. The van der Waals surface area contributed by atoms with Gasteiger partial charge in [-0.3, -0.25) is 38.3 Å². The van der Waals surface area contributed by atoms with E-state index in [-0.39, 0.29) is 63.0 Å². The van der Waals surface area contributed by atoms with E-state index in [1.807, 2.05) is 84.9 Å². The van der Waals surface area contributed by atoms with E-state index in [2.05, 4.69) is 39.1 Å². The van der Waals surface area contributed by atoms with E-state index < -0.39 is 164 Å². The maximum Gasteiger partial charge on any atom is 0.408 e. The standard InChI is InChI=1S/C48H55N5O10S.C38H46N4O8.C10H11NO3S/c1-9-31-27-48(31,43(57)52-64(59,60)47(22-23-47)40(54)30-18-14-11-15-19-30)51-41(55)37-25-33(28-53(37)42(56)39(45(2,3)4)50-44(58)63-46(5,6)7)62-38-26-35(29-16-12-10-13-17-29)49-36-24-32(61-8)20-21-34(36)38;1-9-23-20-38(23,34(45)46)41-32(43)29-18-25(21-42(29)33(44)31(36(2,3)4)40-35(47)50-37(5,6)7)49-30-19-27(22-13-11-10-12-14-22)39-28-17-24(48-8)15-16-26(28)30;11-15(13,14)10(6-7-10)9(12)8-4-2-1-3-5-8/h9-21,24,26,31,33,37,39H,1,22-23,25,27-28H2,2-8H3,(H,50,58)(H,51,55)(H,52,57);9-17,19,23,25,29,31H,1,18,20-21H2,2-8H3,(H,40,47)(H,41,43)(H,45,46);1-5H,6-7H2,(H2,11,13,14)/t31?,33-,37+,39-,48-;23?,25-,29+,31-,38-;/m11./s1. The molecule has 2 aromatic heterocycles. The van der Waals surface area contributed by atoms with E-state index >= 15 is 0 Å². The minimum absolute atomic E-state index is 0.00883. The first-order valence-corrected chi connectivity index (χ1v) is 45.5. The lowest BCUT2D eigenvalue weighted by Gasteiger charge is -2.36. The van der Waals surface area contributed by atoms with Gasteiger partial charge in [-0.15, -0.1) is 13.2 Å². The molecule has 10 atom stereocenters. The molecule has 6 fully saturated rings. The fraction of sp³-hybridized carbons (Fsp3) is 0.417. The van der Waals surface area contributed by atoms with E-state index in [1.165, 1.54) is 34.1 Å². The third-order valence-electron chi connectivity index (χ3n) is 23.6. The van der Waals surface area contributed by atoms with Gasteiger partial charge in [-0.1, -0.05) is 175 Å². The summed E-state index contributed by atoms with van der Waals surface area (Å²) in [5, 5.41) is 27.4. The van der Waals surface area contributed by atoms with Crippen LogP contribution in [0.4, 0.5) is 9.59 Å². The molecule has 31 nitrogen and oxygen atoms in total. The number of alkyl carbamates (subject to hydrolysis) is 2. The third kappa shape index (κ3) is 21.2. The molecule has 2 saturated heterocycles. The summed E-state index contributed by atoms with van der Waals surface area (Å²) in [4.78, 5) is 148. The molecule has 4 aliphatic carbocycles. The van der Waals surface area contributed by atoms with E-state index in [4.69, 9.17) is 43.5 Å². The fourth-order valence-corrected chi connectivity index (χ4v) is 18.7. The van der Waals surface area contributed by atoms with Gasteiger partial charge in [-0.05, 0) is 115 Å². The largest absolute Gasteiger partial charge is 0.497 e. The summed E-state index contributed by atoms with van der Waals surface area (Å²) in [7, 11) is -5.23. The van der Waals surface area contributed by atoms with Crippen molar-refractivity contribution in [1.82, 2.24) is 45.8 Å². The number of amides is 7. The number of methoxy groups -OCH3 is 2. The topological polar surface area (TPSA) is 433 Å². The number of ether oxygens (including phenoxy) is 6.